The molecule has 0 bridgehead atoms. The zero-order chi connectivity index (χ0) is 7.56. The quantitative estimate of drug-likeness (QED) is 0.716. The molecule has 0 aliphatic heterocycles. The lowest BCUT2D eigenvalue weighted by molar-refractivity contribution is -0.420. The third-order valence-electron chi connectivity index (χ3n) is 1.44. The molecular weight excluding hydrogens is 190 g/mol. The van der Waals surface area contributed by atoms with Crippen LogP contribution in [0.3, 0.4) is 0 Å². The molecule has 0 radical (unpaired) electrons. The van der Waals surface area contributed by atoms with Gasteiger partial charge in [-0.1, -0.05) is 28.1 Å². The van der Waals surface area contributed by atoms with Crippen LogP contribution in [0.4, 0.5) is 0 Å². The lowest BCUT2D eigenvalue weighted by Crippen LogP contribution is -2.51. The first-order valence-electron chi connectivity index (χ1n) is 3.28. The molecule has 1 aromatic carbocycles. The normalized spacial score (nSPS) is 13.1. The van der Waals surface area contributed by atoms with E-state index >= 15 is 0 Å². The SMILES string of the molecule is CC([NH3+])c1ccc(Br)cc1. The molecule has 0 aliphatic rings. The van der Waals surface area contributed by atoms with Gasteiger partial charge in [-0.05, 0) is 19.1 Å². The minimum atomic E-state index is 0.382. The standard InChI is InChI=1S/C8H10BrN/c1-6(10)7-2-4-8(9)5-3-7/h2-6H,10H2,1H3/p+1. The Hall–Kier alpha value is -0.340. The Morgan fingerprint density at radius 2 is 1.80 bits per heavy atom. The summed E-state index contributed by atoms with van der Waals surface area (Å²) in [6.07, 6.45) is 0. The van der Waals surface area contributed by atoms with Crippen molar-refractivity contribution in [3.8, 4) is 0 Å². The van der Waals surface area contributed by atoms with Gasteiger partial charge in [0.2, 0.25) is 0 Å². The molecular formula is C8H11BrN+. The van der Waals surface area contributed by atoms with Gasteiger partial charge in [0.05, 0.1) is 0 Å². The van der Waals surface area contributed by atoms with E-state index in [2.05, 4.69) is 40.7 Å². The van der Waals surface area contributed by atoms with Crippen molar-refractivity contribution in [1.29, 1.82) is 0 Å². The fourth-order valence-corrected chi connectivity index (χ4v) is 1.06. The van der Waals surface area contributed by atoms with Gasteiger partial charge in [-0.3, -0.25) is 0 Å². The Bertz CT molecular complexity index is 203. The van der Waals surface area contributed by atoms with Gasteiger partial charge in [-0.25, -0.2) is 0 Å². The molecule has 54 valence electrons. The smallest absolute Gasteiger partial charge is 0.107 e. The first kappa shape index (κ1) is 7.76. The second kappa shape index (κ2) is 3.17. The van der Waals surface area contributed by atoms with E-state index in [1.165, 1.54) is 5.56 Å². The summed E-state index contributed by atoms with van der Waals surface area (Å²) in [5.41, 5.74) is 5.20. The van der Waals surface area contributed by atoms with E-state index in [9.17, 15) is 0 Å². The number of halogens is 1. The first-order valence-corrected chi connectivity index (χ1v) is 4.08. The maximum Gasteiger partial charge on any atom is 0.107 e. The molecule has 0 spiro atoms. The zero-order valence-electron chi connectivity index (χ0n) is 5.97. The predicted octanol–water partition coefficient (Wildman–Crippen LogP) is 1.75. The van der Waals surface area contributed by atoms with Crippen molar-refractivity contribution < 1.29 is 5.73 Å². The number of benzene rings is 1. The second-order valence-electron chi connectivity index (χ2n) is 2.45. The molecule has 2 heteroatoms. The molecule has 0 aliphatic carbocycles. The minimum absolute atomic E-state index is 0.382. The zero-order valence-corrected chi connectivity index (χ0v) is 7.56. The molecule has 1 atom stereocenters. The Balaban J connectivity index is 2.89. The molecule has 0 heterocycles. The highest BCUT2D eigenvalue weighted by Crippen LogP contribution is 2.13. The number of hydrogen-bond donors (Lipinski definition) is 1. The third-order valence-corrected chi connectivity index (χ3v) is 1.97. The monoisotopic (exact) mass is 200 g/mol. The maximum absolute atomic E-state index is 3.92. The maximum atomic E-state index is 3.92. The predicted molar refractivity (Wildman–Crippen MR) is 45.4 cm³/mol. The summed E-state index contributed by atoms with van der Waals surface area (Å²) in [6, 6.07) is 8.63. The molecule has 1 aromatic rings. The van der Waals surface area contributed by atoms with Crippen molar-refractivity contribution in [3.05, 3.63) is 34.3 Å². The molecule has 1 nitrogen and oxygen atoms in total. The number of quaternary nitrogens is 1. The summed E-state index contributed by atoms with van der Waals surface area (Å²) >= 11 is 3.37. The van der Waals surface area contributed by atoms with E-state index in [1.807, 2.05) is 12.1 Å². The fourth-order valence-electron chi connectivity index (χ4n) is 0.791. The van der Waals surface area contributed by atoms with Crippen LogP contribution >= 0.6 is 15.9 Å². The van der Waals surface area contributed by atoms with E-state index in [0.717, 1.165) is 4.47 Å². The topological polar surface area (TPSA) is 27.6 Å². The minimum Gasteiger partial charge on any atom is -0.352 e. The van der Waals surface area contributed by atoms with Crippen LogP contribution in [0.5, 0.6) is 0 Å². The molecule has 1 rings (SSSR count). The van der Waals surface area contributed by atoms with Gasteiger partial charge in [-0.2, -0.15) is 0 Å². The molecule has 10 heavy (non-hydrogen) atoms. The van der Waals surface area contributed by atoms with Crippen LogP contribution in [0.2, 0.25) is 0 Å². The Labute approximate surface area is 69.4 Å². The summed E-state index contributed by atoms with van der Waals surface area (Å²) in [4.78, 5) is 0. The Kier molecular flexibility index (Phi) is 2.46. The van der Waals surface area contributed by atoms with Gasteiger partial charge >= 0.3 is 0 Å². The highest BCUT2D eigenvalue weighted by Gasteiger charge is 1.99. The Morgan fingerprint density at radius 1 is 1.30 bits per heavy atom. The van der Waals surface area contributed by atoms with Crippen molar-refractivity contribution in [2.75, 3.05) is 0 Å². The molecule has 0 saturated carbocycles. The van der Waals surface area contributed by atoms with Crippen LogP contribution in [-0.2, 0) is 0 Å². The number of hydrogen-bond acceptors (Lipinski definition) is 0. The Morgan fingerprint density at radius 3 is 2.20 bits per heavy atom. The van der Waals surface area contributed by atoms with Crippen LogP contribution in [0.25, 0.3) is 0 Å². The molecule has 3 N–H and O–H groups in total. The van der Waals surface area contributed by atoms with E-state index < -0.39 is 0 Å². The van der Waals surface area contributed by atoms with Crippen molar-refractivity contribution in [3.63, 3.8) is 0 Å². The summed E-state index contributed by atoms with van der Waals surface area (Å²) < 4.78 is 1.12. The van der Waals surface area contributed by atoms with Gasteiger partial charge in [0.1, 0.15) is 6.04 Å². The highest BCUT2D eigenvalue weighted by molar-refractivity contribution is 9.10. The average molecular weight is 201 g/mol. The van der Waals surface area contributed by atoms with Gasteiger partial charge in [-0.15, -0.1) is 0 Å². The average Bonchev–Trinajstić information content (AvgIpc) is 1.88. The van der Waals surface area contributed by atoms with E-state index in [1.54, 1.807) is 0 Å². The van der Waals surface area contributed by atoms with Crippen LogP contribution in [0, 0.1) is 0 Å². The molecule has 0 fully saturated rings. The molecule has 1 unspecified atom stereocenters. The van der Waals surface area contributed by atoms with Crippen LogP contribution in [0.15, 0.2) is 28.7 Å². The molecule has 0 aromatic heterocycles. The largest absolute Gasteiger partial charge is 0.352 e. The first-order chi connectivity index (χ1) is 4.70. The van der Waals surface area contributed by atoms with Crippen LogP contribution < -0.4 is 5.73 Å². The van der Waals surface area contributed by atoms with Crippen molar-refractivity contribution in [2.45, 2.75) is 13.0 Å². The lowest BCUT2D eigenvalue weighted by Gasteiger charge is -2.00. The summed E-state index contributed by atoms with van der Waals surface area (Å²) in [6.45, 7) is 2.09. The van der Waals surface area contributed by atoms with E-state index in [0.29, 0.717) is 6.04 Å². The van der Waals surface area contributed by atoms with Gasteiger partial charge in [0, 0.05) is 10.0 Å². The summed E-state index contributed by atoms with van der Waals surface area (Å²) in [7, 11) is 0. The number of rotatable bonds is 1. The lowest BCUT2D eigenvalue weighted by atomic mass is 10.1. The van der Waals surface area contributed by atoms with Crippen LogP contribution in [-0.4, -0.2) is 0 Å². The summed E-state index contributed by atoms with van der Waals surface area (Å²) in [5.74, 6) is 0. The van der Waals surface area contributed by atoms with Crippen molar-refractivity contribution >= 4 is 15.9 Å². The van der Waals surface area contributed by atoms with E-state index in [4.69, 9.17) is 0 Å². The molecule has 0 amide bonds. The van der Waals surface area contributed by atoms with Gasteiger partial charge < -0.3 is 5.73 Å². The van der Waals surface area contributed by atoms with Crippen LogP contribution in [0.1, 0.15) is 18.5 Å². The van der Waals surface area contributed by atoms with Crippen molar-refractivity contribution in [1.82, 2.24) is 0 Å². The molecule has 0 saturated heterocycles. The third kappa shape index (κ3) is 1.82. The fraction of sp³-hybridized carbons (Fsp3) is 0.250. The second-order valence-corrected chi connectivity index (χ2v) is 3.37. The van der Waals surface area contributed by atoms with Gasteiger partial charge in [0.25, 0.3) is 0 Å². The van der Waals surface area contributed by atoms with Gasteiger partial charge in [0.15, 0.2) is 0 Å². The van der Waals surface area contributed by atoms with Crippen molar-refractivity contribution in [2.24, 2.45) is 0 Å². The highest BCUT2D eigenvalue weighted by atomic mass is 79.9. The summed E-state index contributed by atoms with van der Waals surface area (Å²) in [5, 5.41) is 0. The van der Waals surface area contributed by atoms with E-state index in [-0.39, 0.29) is 0 Å².